The summed E-state index contributed by atoms with van der Waals surface area (Å²) in [6.07, 6.45) is 3.33. The van der Waals surface area contributed by atoms with Crippen LogP contribution in [0.3, 0.4) is 0 Å². The van der Waals surface area contributed by atoms with Crippen LogP contribution in [-0.2, 0) is 4.74 Å². The lowest BCUT2D eigenvalue weighted by Crippen LogP contribution is -2.53. The van der Waals surface area contributed by atoms with Gasteiger partial charge in [0.1, 0.15) is 0 Å². The summed E-state index contributed by atoms with van der Waals surface area (Å²) in [5.74, 6) is 0. The summed E-state index contributed by atoms with van der Waals surface area (Å²) in [4.78, 5) is 0. The average Bonchev–Trinajstić information content (AvgIpc) is 2.21. The molecule has 0 heterocycles. The van der Waals surface area contributed by atoms with Crippen molar-refractivity contribution in [3.05, 3.63) is 0 Å². The van der Waals surface area contributed by atoms with Crippen molar-refractivity contribution in [3.63, 3.8) is 0 Å². The summed E-state index contributed by atoms with van der Waals surface area (Å²) in [6.45, 7) is 13.1. The van der Waals surface area contributed by atoms with E-state index < -0.39 is 0 Å². The predicted molar refractivity (Wildman–Crippen MR) is 85.6 cm³/mol. The molecule has 1 atom stereocenters. The van der Waals surface area contributed by atoms with Gasteiger partial charge in [-0.05, 0) is 65.2 Å². The predicted octanol–water partition coefficient (Wildman–Crippen LogP) is 4.27. The highest BCUT2D eigenvalue weighted by Crippen LogP contribution is 2.27. The van der Waals surface area contributed by atoms with Gasteiger partial charge in [0.25, 0.3) is 0 Å². The van der Waals surface area contributed by atoms with E-state index in [9.17, 15) is 5.21 Å². The highest BCUT2D eigenvalue weighted by molar-refractivity contribution is 14.1. The second kappa shape index (κ2) is 8.02. The van der Waals surface area contributed by atoms with Crippen LogP contribution in [0.25, 0.3) is 0 Å². The van der Waals surface area contributed by atoms with Crippen molar-refractivity contribution in [3.8, 4) is 0 Å². The molecule has 0 fully saturated rings. The maximum absolute atomic E-state index is 10.2. The Balaban J connectivity index is 4.15. The molecule has 18 heavy (non-hydrogen) atoms. The van der Waals surface area contributed by atoms with Crippen LogP contribution in [0.4, 0.5) is 0 Å². The fourth-order valence-electron chi connectivity index (χ4n) is 2.24. The van der Waals surface area contributed by atoms with Gasteiger partial charge in [0.2, 0.25) is 0 Å². The van der Waals surface area contributed by atoms with Crippen LogP contribution < -0.4 is 0 Å². The molecule has 0 radical (unpaired) electrons. The number of nitrogens with zero attached hydrogens (tertiary/aromatic N) is 1. The van der Waals surface area contributed by atoms with Gasteiger partial charge in [0.05, 0.1) is 6.10 Å². The van der Waals surface area contributed by atoms with Crippen molar-refractivity contribution in [1.82, 2.24) is 5.06 Å². The van der Waals surface area contributed by atoms with Gasteiger partial charge in [0, 0.05) is 17.7 Å². The number of ether oxygens (including phenoxy) is 1. The van der Waals surface area contributed by atoms with Gasteiger partial charge in [-0.25, -0.2) is 0 Å². The molecule has 110 valence electrons. The Morgan fingerprint density at radius 3 is 2.17 bits per heavy atom. The van der Waals surface area contributed by atoms with E-state index in [1.807, 2.05) is 20.8 Å². The highest BCUT2D eigenvalue weighted by Gasteiger charge is 2.35. The molecule has 0 rings (SSSR count). The number of alkyl halides is 1. The van der Waals surface area contributed by atoms with Crippen LogP contribution in [-0.4, -0.2) is 38.5 Å². The minimum absolute atomic E-state index is 0.172. The van der Waals surface area contributed by atoms with Gasteiger partial charge >= 0.3 is 0 Å². The van der Waals surface area contributed by atoms with E-state index in [2.05, 4.69) is 43.4 Å². The SMILES string of the molecule is CC(CC(C)(C)N(O)C(C)(C)C)OCCCCI. The second-order valence-corrected chi connectivity index (χ2v) is 7.66. The first-order valence-electron chi connectivity index (χ1n) is 6.78. The van der Waals surface area contributed by atoms with E-state index in [1.165, 1.54) is 15.9 Å². The lowest BCUT2D eigenvalue weighted by Gasteiger charge is -2.43. The fraction of sp³-hybridized carbons (Fsp3) is 1.00. The minimum Gasteiger partial charge on any atom is -0.378 e. The summed E-state index contributed by atoms with van der Waals surface area (Å²) in [5, 5.41) is 11.7. The monoisotopic (exact) mass is 371 g/mol. The van der Waals surface area contributed by atoms with Crippen molar-refractivity contribution < 1.29 is 9.94 Å². The van der Waals surface area contributed by atoms with E-state index in [4.69, 9.17) is 4.74 Å². The maximum Gasteiger partial charge on any atom is 0.0565 e. The van der Waals surface area contributed by atoms with E-state index in [-0.39, 0.29) is 17.2 Å². The molecule has 0 aliphatic heterocycles. The van der Waals surface area contributed by atoms with Crippen molar-refractivity contribution in [2.45, 2.75) is 78.0 Å². The number of rotatable bonds is 8. The molecule has 0 aromatic carbocycles. The van der Waals surface area contributed by atoms with Crippen molar-refractivity contribution in [2.24, 2.45) is 0 Å². The molecule has 0 aliphatic carbocycles. The number of unbranched alkanes of at least 4 members (excludes halogenated alkanes) is 1. The first-order valence-corrected chi connectivity index (χ1v) is 8.30. The third-order valence-corrected chi connectivity index (χ3v) is 3.69. The van der Waals surface area contributed by atoms with Crippen LogP contribution in [0, 0.1) is 0 Å². The normalized spacial score (nSPS) is 15.2. The second-order valence-electron chi connectivity index (χ2n) is 6.58. The zero-order valence-electron chi connectivity index (χ0n) is 12.8. The summed E-state index contributed by atoms with van der Waals surface area (Å²) in [6, 6.07) is 0. The number of hydroxylamine groups is 2. The van der Waals surface area contributed by atoms with Crippen LogP contribution in [0.1, 0.15) is 60.8 Å². The van der Waals surface area contributed by atoms with Crippen LogP contribution in [0.2, 0.25) is 0 Å². The summed E-state index contributed by atoms with van der Waals surface area (Å²) < 4.78 is 6.99. The van der Waals surface area contributed by atoms with Gasteiger partial charge in [-0.15, -0.1) is 0 Å². The zero-order chi connectivity index (χ0) is 14.4. The van der Waals surface area contributed by atoms with Crippen molar-refractivity contribution >= 4 is 22.6 Å². The summed E-state index contributed by atoms with van der Waals surface area (Å²) in [7, 11) is 0. The van der Waals surface area contributed by atoms with Gasteiger partial charge in [-0.1, -0.05) is 22.6 Å². The Bertz CT molecular complexity index is 226. The lowest BCUT2D eigenvalue weighted by atomic mass is 9.92. The first kappa shape index (κ1) is 18.6. The molecule has 0 saturated heterocycles. The Morgan fingerprint density at radius 2 is 1.72 bits per heavy atom. The fourth-order valence-corrected chi connectivity index (χ4v) is 2.78. The Labute approximate surface area is 126 Å². The molecule has 1 unspecified atom stereocenters. The quantitative estimate of drug-likeness (QED) is 0.299. The minimum atomic E-state index is -0.277. The van der Waals surface area contributed by atoms with Gasteiger partial charge < -0.3 is 9.94 Å². The van der Waals surface area contributed by atoms with Gasteiger partial charge in [0.15, 0.2) is 0 Å². The van der Waals surface area contributed by atoms with Crippen LogP contribution >= 0.6 is 22.6 Å². The smallest absolute Gasteiger partial charge is 0.0565 e. The molecule has 0 aromatic rings. The molecule has 4 heteroatoms. The lowest BCUT2D eigenvalue weighted by molar-refractivity contribution is -0.225. The molecule has 1 N–H and O–H groups in total. The maximum atomic E-state index is 10.2. The van der Waals surface area contributed by atoms with Crippen LogP contribution in [0.15, 0.2) is 0 Å². The highest BCUT2D eigenvalue weighted by atomic mass is 127. The van der Waals surface area contributed by atoms with Gasteiger partial charge in [-0.2, -0.15) is 5.06 Å². The molecule has 0 amide bonds. The van der Waals surface area contributed by atoms with Crippen molar-refractivity contribution in [2.75, 3.05) is 11.0 Å². The van der Waals surface area contributed by atoms with E-state index in [1.54, 1.807) is 0 Å². The molecular weight excluding hydrogens is 341 g/mol. The largest absolute Gasteiger partial charge is 0.378 e. The number of hydrogen-bond acceptors (Lipinski definition) is 3. The van der Waals surface area contributed by atoms with Crippen LogP contribution in [0.5, 0.6) is 0 Å². The Kier molecular flexibility index (Phi) is 8.29. The standard InChI is InChI=1S/C14H30INO2/c1-12(18-10-8-7-9-15)11-14(5,6)16(17)13(2,3)4/h12,17H,7-11H2,1-6H3. The molecule has 0 spiro atoms. The third-order valence-electron chi connectivity index (χ3n) is 2.93. The average molecular weight is 371 g/mol. The third kappa shape index (κ3) is 7.26. The van der Waals surface area contributed by atoms with E-state index in [0.717, 1.165) is 19.4 Å². The summed E-state index contributed by atoms with van der Waals surface area (Å²) >= 11 is 2.39. The zero-order valence-corrected chi connectivity index (χ0v) is 15.0. The Hall–Kier alpha value is 0.610. The van der Waals surface area contributed by atoms with E-state index >= 15 is 0 Å². The molecular formula is C14H30INO2. The molecule has 0 saturated carbocycles. The molecule has 0 aliphatic rings. The molecule has 3 nitrogen and oxygen atoms in total. The van der Waals surface area contributed by atoms with E-state index in [0.29, 0.717) is 0 Å². The first-order chi connectivity index (χ1) is 8.11. The summed E-state index contributed by atoms with van der Waals surface area (Å²) in [5.41, 5.74) is -0.522. The topological polar surface area (TPSA) is 32.7 Å². The molecule has 0 aromatic heterocycles. The Morgan fingerprint density at radius 1 is 1.17 bits per heavy atom. The van der Waals surface area contributed by atoms with Crippen molar-refractivity contribution in [1.29, 1.82) is 0 Å². The van der Waals surface area contributed by atoms with Gasteiger partial charge in [-0.3, -0.25) is 0 Å². The molecule has 0 bridgehead atoms. The number of halogens is 1. The number of hydrogen-bond donors (Lipinski definition) is 1.